The number of nitrogens with zero attached hydrogens (tertiary/aromatic N) is 1. The molecule has 0 unspecified atom stereocenters. The van der Waals surface area contributed by atoms with Crippen LogP contribution < -0.4 is 4.90 Å². The SMILES string of the molecule is c1ccc(N(c2cccc3ccccc23)c2cccc3c2sc2ccccc23)c(-c2cccc3c2oc2c4ccccc4ccc32)c1. The zero-order valence-electron chi connectivity index (χ0n) is 25.4. The van der Waals surface area contributed by atoms with Crippen LogP contribution in [0.3, 0.4) is 0 Å². The quantitative estimate of drug-likeness (QED) is 0.195. The van der Waals surface area contributed by atoms with E-state index in [2.05, 4.69) is 169 Å². The van der Waals surface area contributed by atoms with Crippen LogP contribution in [0.15, 0.2) is 168 Å². The van der Waals surface area contributed by atoms with E-state index in [1.165, 1.54) is 36.3 Å². The molecule has 0 N–H and O–H groups in total. The van der Waals surface area contributed by atoms with Gasteiger partial charge < -0.3 is 9.32 Å². The molecule has 0 aliphatic carbocycles. The van der Waals surface area contributed by atoms with Crippen molar-refractivity contribution in [1.29, 1.82) is 0 Å². The van der Waals surface area contributed by atoms with Crippen LogP contribution in [0.1, 0.15) is 0 Å². The van der Waals surface area contributed by atoms with Gasteiger partial charge in [0.2, 0.25) is 0 Å². The molecule has 0 saturated heterocycles. The molecule has 0 aliphatic rings. The lowest BCUT2D eigenvalue weighted by atomic mass is 9.98. The van der Waals surface area contributed by atoms with Crippen LogP contribution in [-0.2, 0) is 0 Å². The highest BCUT2D eigenvalue weighted by molar-refractivity contribution is 7.26. The Morgan fingerprint density at radius 2 is 0.936 bits per heavy atom. The molecule has 0 spiro atoms. The maximum Gasteiger partial charge on any atom is 0.143 e. The fourth-order valence-corrected chi connectivity index (χ4v) is 8.54. The Morgan fingerprint density at radius 1 is 0.362 bits per heavy atom. The summed E-state index contributed by atoms with van der Waals surface area (Å²) in [5, 5.41) is 9.56. The fourth-order valence-electron chi connectivity index (χ4n) is 7.34. The van der Waals surface area contributed by atoms with Gasteiger partial charge in [-0.25, -0.2) is 0 Å². The molecule has 0 radical (unpaired) electrons. The van der Waals surface area contributed by atoms with Gasteiger partial charge in [-0.15, -0.1) is 11.3 Å². The summed E-state index contributed by atoms with van der Waals surface area (Å²) < 4.78 is 9.42. The van der Waals surface area contributed by atoms with Crippen LogP contribution in [0.2, 0.25) is 0 Å². The van der Waals surface area contributed by atoms with Gasteiger partial charge in [0.05, 0.1) is 21.8 Å². The van der Waals surface area contributed by atoms with Crippen molar-refractivity contribution in [3.63, 3.8) is 0 Å². The summed E-state index contributed by atoms with van der Waals surface area (Å²) in [5.74, 6) is 0. The summed E-state index contributed by atoms with van der Waals surface area (Å²) in [6.45, 7) is 0. The van der Waals surface area contributed by atoms with E-state index >= 15 is 0 Å². The molecule has 0 atom stereocenters. The molecule has 0 saturated carbocycles. The number of benzene rings is 8. The van der Waals surface area contributed by atoms with Gasteiger partial charge in [-0.2, -0.15) is 0 Å². The molecule has 0 aliphatic heterocycles. The van der Waals surface area contributed by atoms with Crippen molar-refractivity contribution in [3.05, 3.63) is 164 Å². The number of anilines is 3. The number of rotatable bonds is 4. The zero-order valence-corrected chi connectivity index (χ0v) is 26.2. The van der Waals surface area contributed by atoms with Gasteiger partial charge in [-0.05, 0) is 41.1 Å². The van der Waals surface area contributed by atoms with Crippen LogP contribution in [0.4, 0.5) is 17.1 Å². The average molecular weight is 618 g/mol. The predicted octanol–water partition coefficient (Wildman–Crippen LogP) is 13.4. The van der Waals surface area contributed by atoms with Gasteiger partial charge in [0, 0.05) is 48.1 Å². The number of furan rings is 1. The molecular formula is C44H27NOS. The maximum atomic E-state index is 6.86. The lowest BCUT2D eigenvalue weighted by Gasteiger charge is -2.29. The van der Waals surface area contributed by atoms with Crippen LogP contribution in [0.25, 0.3) is 74.8 Å². The predicted molar refractivity (Wildman–Crippen MR) is 202 cm³/mol. The molecule has 2 nitrogen and oxygen atoms in total. The fraction of sp³-hybridized carbons (Fsp3) is 0. The summed E-state index contributed by atoms with van der Waals surface area (Å²) >= 11 is 1.86. The lowest BCUT2D eigenvalue weighted by molar-refractivity contribution is 0.674. The van der Waals surface area contributed by atoms with E-state index < -0.39 is 0 Å². The second-order valence-electron chi connectivity index (χ2n) is 12.1. The van der Waals surface area contributed by atoms with Gasteiger partial charge in [0.15, 0.2) is 0 Å². The molecule has 10 rings (SSSR count). The van der Waals surface area contributed by atoms with Crippen molar-refractivity contribution in [2.45, 2.75) is 0 Å². The Hall–Kier alpha value is -5.90. The van der Waals surface area contributed by atoms with E-state index in [9.17, 15) is 0 Å². The van der Waals surface area contributed by atoms with Crippen molar-refractivity contribution < 1.29 is 4.42 Å². The highest BCUT2D eigenvalue weighted by Crippen LogP contribution is 2.49. The van der Waals surface area contributed by atoms with Crippen molar-refractivity contribution in [2.24, 2.45) is 0 Å². The third kappa shape index (κ3) is 3.97. The minimum Gasteiger partial charge on any atom is -0.455 e. The molecule has 47 heavy (non-hydrogen) atoms. The van der Waals surface area contributed by atoms with Crippen molar-refractivity contribution >= 4 is 92.1 Å². The third-order valence-electron chi connectivity index (χ3n) is 9.46. The second-order valence-corrected chi connectivity index (χ2v) is 13.1. The minimum absolute atomic E-state index is 0.907. The number of thiophene rings is 1. The first-order valence-electron chi connectivity index (χ1n) is 15.9. The highest BCUT2D eigenvalue weighted by atomic mass is 32.1. The Kier molecular flexibility index (Phi) is 5.78. The van der Waals surface area contributed by atoms with Crippen LogP contribution >= 0.6 is 11.3 Å². The molecule has 10 aromatic rings. The third-order valence-corrected chi connectivity index (χ3v) is 10.7. The molecule has 220 valence electrons. The van der Waals surface area contributed by atoms with Gasteiger partial charge in [-0.3, -0.25) is 0 Å². The first-order chi connectivity index (χ1) is 23.3. The first kappa shape index (κ1) is 26.3. The summed E-state index contributed by atoms with van der Waals surface area (Å²) in [7, 11) is 0. The van der Waals surface area contributed by atoms with Gasteiger partial charge in [0.1, 0.15) is 11.2 Å². The van der Waals surface area contributed by atoms with Gasteiger partial charge in [0.25, 0.3) is 0 Å². The molecule has 0 bridgehead atoms. The molecule has 0 fully saturated rings. The number of hydrogen-bond acceptors (Lipinski definition) is 3. The van der Waals surface area contributed by atoms with Crippen LogP contribution in [0, 0.1) is 0 Å². The monoisotopic (exact) mass is 617 g/mol. The van der Waals surface area contributed by atoms with Crippen molar-refractivity contribution in [2.75, 3.05) is 4.90 Å². The topological polar surface area (TPSA) is 16.4 Å². The summed E-state index contributed by atoms with van der Waals surface area (Å²) in [4.78, 5) is 2.46. The Labute approximate surface area is 275 Å². The van der Waals surface area contributed by atoms with E-state index in [4.69, 9.17) is 4.42 Å². The van der Waals surface area contributed by atoms with E-state index in [0.717, 1.165) is 55.5 Å². The van der Waals surface area contributed by atoms with Crippen LogP contribution in [-0.4, -0.2) is 0 Å². The zero-order chi connectivity index (χ0) is 30.9. The summed E-state index contributed by atoms with van der Waals surface area (Å²) in [6, 6.07) is 58.9. The summed E-state index contributed by atoms with van der Waals surface area (Å²) in [5.41, 5.74) is 7.44. The van der Waals surface area contributed by atoms with E-state index in [0.29, 0.717) is 0 Å². The maximum absolute atomic E-state index is 6.86. The number of hydrogen-bond donors (Lipinski definition) is 0. The second kappa shape index (κ2) is 10.3. The van der Waals surface area contributed by atoms with Crippen molar-refractivity contribution in [1.82, 2.24) is 0 Å². The molecule has 2 heterocycles. The van der Waals surface area contributed by atoms with Crippen molar-refractivity contribution in [3.8, 4) is 11.1 Å². The normalized spacial score (nSPS) is 11.8. The largest absolute Gasteiger partial charge is 0.455 e. The van der Waals surface area contributed by atoms with Gasteiger partial charge in [-0.1, -0.05) is 133 Å². The molecular weight excluding hydrogens is 591 g/mol. The smallest absolute Gasteiger partial charge is 0.143 e. The molecule has 3 heteroatoms. The Balaban J connectivity index is 1.29. The first-order valence-corrected chi connectivity index (χ1v) is 16.8. The number of fused-ring (bicyclic) bond motifs is 9. The van der Waals surface area contributed by atoms with E-state index in [-0.39, 0.29) is 0 Å². The van der Waals surface area contributed by atoms with Gasteiger partial charge >= 0.3 is 0 Å². The highest BCUT2D eigenvalue weighted by Gasteiger charge is 2.24. The summed E-state index contributed by atoms with van der Waals surface area (Å²) in [6.07, 6.45) is 0. The number of para-hydroxylation sites is 2. The van der Waals surface area contributed by atoms with Crippen LogP contribution in [0.5, 0.6) is 0 Å². The minimum atomic E-state index is 0.907. The molecule has 8 aromatic carbocycles. The average Bonchev–Trinajstić information content (AvgIpc) is 3.72. The van der Waals surface area contributed by atoms with E-state index in [1.54, 1.807) is 0 Å². The Bertz CT molecular complexity index is 2820. The molecule has 2 aromatic heterocycles. The standard InChI is InChI=1S/C44H27NOS/c1-3-15-30-28(12-1)14-9-23-38(30)45(40-24-11-21-37-33-18-6-8-25-41(33)47-44(37)40)39-22-7-5-17-32(39)34-19-10-20-35-36-27-26-29-13-2-4-16-31(29)42(36)46-43(34)35/h1-27H. The Morgan fingerprint density at radius 3 is 1.85 bits per heavy atom. The van der Waals surface area contributed by atoms with E-state index in [1.807, 2.05) is 11.3 Å². The lowest BCUT2D eigenvalue weighted by Crippen LogP contribution is -2.12. The molecule has 0 amide bonds.